The Morgan fingerprint density at radius 1 is 1.11 bits per heavy atom. The minimum Gasteiger partial charge on any atom is -0.460 e. The molecule has 3 N–H and O–H groups in total. The summed E-state index contributed by atoms with van der Waals surface area (Å²) >= 11 is 11.6. The third kappa shape index (κ3) is 5.61. The van der Waals surface area contributed by atoms with E-state index in [-0.39, 0.29) is 22.9 Å². The van der Waals surface area contributed by atoms with Gasteiger partial charge in [0.1, 0.15) is 23.2 Å². The highest BCUT2D eigenvalue weighted by Gasteiger charge is 2.15. The highest BCUT2D eigenvalue weighted by atomic mass is 35.5. The molecule has 2 rings (SSSR count). The number of nitriles is 1. The van der Waals surface area contributed by atoms with Gasteiger partial charge >= 0.3 is 11.8 Å². The first-order chi connectivity index (χ1) is 13.3. The third-order valence-corrected chi connectivity index (χ3v) is 4.11. The number of amides is 3. The zero-order valence-electron chi connectivity index (χ0n) is 14.5. The number of hydrogen-bond acceptors (Lipinski definition) is 5. The molecule has 0 aliphatic rings. The number of likely N-dealkylation sites (N-methyl/N-ethyl adjacent to an activating group) is 1. The van der Waals surface area contributed by atoms with E-state index >= 15 is 0 Å². The largest absolute Gasteiger partial charge is 0.460 e. The van der Waals surface area contributed by atoms with Gasteiger partial charge in [-0.1, -0.05) is 23.2 Å². The zero-order valence-corrected chi connectivity index (χ0v) is 16.0. The Balaban J connectivity index is 1.94. The van der Waals surface area contributed by atoms with E-state index in [1.54, 1.807) is 12.1 Å². The number of benzene rings is 1. The maximum absolute atomic E-state index is 11.9. The molecule has 28 heavy (non-hydrogen) atoms. The number of nitrogens with one attached hydrogen (secondary N) is 3. The number of carbonyl (C=O) groups excluding carboxylic acids is 3. The molecule has 2 aromatic rings. The fraction of sp³-hybridized carbons (Fsp3) is 0.111. The molecule has 8 nitrogen and oxygen atoms in total. The first-order valence-corrected chi connectivity index (χ1v) is 8.56. The number of halogens is 2. The minimum absolute atomic E-state index is 0.0661. The maximum atomic E-state index is 11.9. The fourth-order valence-electron chi connectivity index (χ4n) is 2.00. The normalized spacial score (nSPS) is 10.7. The first kappa shape index (κ1) is 21.0. The lowest BCUT2D eigenvalue weighted by molar-refractivity contribution is -0.136. The molecule has 1 heterocycles. The molecule has 3 amide bonds. The lowest BCUT2D eigenvalue weighted by atomic mass is 10.2. The highest BCUT2D eigenvalue weighted by molar-refractivity contribution is 6.42. The van der Waals surface area contributed by atoms with Gasteiger partial charge in [0.05, 0.1) is 16.6 Å². The molecular formula is C18H14Cl2N4O4. The first-order valence-electron chi connectivity index (χ1n) is 7.81. The second-order valence-corrected chi connectivity index (χ2v) is 6.13. The number of nitrogens with zero attached hydrogens (tertiary/aromatic N) is 1. The molecule has 1 aromatic heterocycles. The monoisotopic (exact) mass is 420 g/mol. The molecule has 0 bridgehead atoms. The van der Waals surface area contributed by atoms with Gasteiger partial charge in [0.15, 0.2) is 0 Å². The van der Waals surface area contributed by atoms with Crippen molar-refractivity contribution in [2.75, 3.05) is 12.4 Å². The van der Waals surface area contributed by atoms with Crippen LogP contribution >= 0.6 is 23.2 Å². The van der Waals surface area contributed by atoms with Crippen molar-refractivity contribution in [3.8, 4) is 6.07 Å². The van der Waals surface area contributed by atoms with Crippen molar-refractivity contribution in [1.82, 2.24) is 10.6 Å². The average Bonchev–Trinajstić information content (AvgIpc) is 3.13. The summed E-state index contributed by atoms with van der Waals surface area (Å²) in [7, 11) is 1.40. The molecule has 0 aliphatic carbocycles. The number of rotatable bonds is 5. The molecule has 0 atom stereocenters. The zero-order chi connectivity index (χ0) is 20.7. The molecule has 0 fully saturated rings. The number of anilines is 1. The van der Waals surface area contributed by atoms with Crippen LogP contribution in [0.4, 0.5) is 5.69 Å². The second kappa shape index (κ2) is 9.60. The molecule has 0 saturated heterocycles. The molecular weight excluding hydrogens is 407 g/mol. The Morgan fingerprint density at radius 2 is 1.86 bits per heavy atom. The van der Waals surface area contributed by atoms with Crippen LogP contribution in [0.25, 0.3) is 6.08 Å². The number of carbonyl (C=O) groups is 3. The van der Waals surface area contributed by atoms with Gasteiger partial charge in [-0.2, -0.15) is 5.26 Å². The number of hydrogen-bond donors (Lipinski definition) is 3. The Bertz CT molecular complexity index is 992. The Kier molecular flexibility index (Phi) is 7.21. The van der Waals surface area contributed by atoms with Gasteiger partial charge in [-0.3, -0.25) is 14.4 Å². The van der Waals surface area contributed by atoms with Crippen molar-refractivity contribution in [2.24, 2.45) is 0 Å². The summed E-state index contributed by atoms with van der Waals surface area (Å²) in [5.74, 6) is -1.74. The van der Waals surface area contributed by atoms with Crippen LogP contribution in [0.3, 0.4) is 0 Å². The van der Waals surface area contributed by atoms with Crippen molar-refractivity contribution < 1.29 is 18.8 Å². The summed E-state index contributed by atoms with van der Waals surface area (Å²) in [6.45, 7) is -0.0661. The van der Waals surface area contributed by atoms with Crippen LogP contribution in [-0.4, -0.2) is 24.8 Å². The second-order valence-electron chi connectivity index (χ2n) is 5.32. The van der Waals surface area contributed by atoms with Crippen molar-refractivity contribution in [1.29, 1.82) is 5.26 Å². The van der Waals surface area contributed by atoms with Gasteiger partial charge in [-0.15, -0.1) is 0 Å². The van der Waals surface area contributed by atoms with Crippen LogP contribution in [0, 0.1) is 11.3 Å². The van der Waals surface area contributed by atoms with Crippen LogP contribution in [0.5, 0.6) is 0 Å². The van der Waals surface area contributed by atoms with Crippen LogP contribution in [0.15, 0.2) is 40.3 Å². The van der Waals surface area contributed by atoms with E-state index in [0.717, 1.165) is 0 Å². The van der Waals surface area contributed by atoms with E-state index in [1.807, 2.05) is 0 Å². The van der Waals surface area contributed by atoms with E-state index in [2.05, 4.69) is 16.0 Å². The van der Waals surface area contributed by atoms with Crippen LogP contribution in [-0.2, 0) is 20.9 Å². The summed E-state index contributed by atoms with van der Waals surface area (Å²) in [6.07, 6.45) is 1.27. The van der Waals surface area contributed by atoms with Gasteiger partial charge in [-0.25, -0.2) is 0 Å². The van der Waals surface area contributed by atoms with Gasteiger partial charge in [-0.05, 0) is 30.3 Å². The minimum atomic E-state index is -0.892. The van der Waals surface area contributed by atoms with Crippen molar-refractivity contribution in [3.05, 3.63) is 57.5 Å². The highest BCUT2D eigenvalue weighted by Crippen LogP contribution is 2.24. The van der Waals surface area contributed by atoms with Crippen molar-refractivity contribution in [2.45, 2.75) is 6.54 Å². The Hall–Kier alpha value is -3.28. The van der Waals surface area contributed by atoms with E-state index in [4.69, 9.17) is 32.9 Å². The lowest BCUT2D eigenvalue weighted by Gasteiger charge is -2.06. The van der Waals surface area contributed by atoms with Crippen molar-refractivity contribution in [3.63, 3.8) is 0 Å². The molecule has 0 aliphatic heterocycles. The molecule has 1 aromatic carbocycles. The number of furan rings is 1. The lowest BCUT2D eigenvalue weighted by Crippen LogP contribution is -2.34. The van der Waals surface area contributed by atoms with E-state index in [0.29, 0.717) is 16.5 Å². The van der Waals surface area contributed by atoms with E-state index < -0.39 is 17.7 Å². The van der Waals surface area contributed by atoms with Gasteiger partial charge in [0.2, 0.25) is 0 Å². The third-order valence-electron chi connectivity index (χ3n) is 3.37. The molecule has 0 radical (unpaired) electrons. The predicted octanol–water partition coefficient (Wildman–Crippen LogP) is 2.49. The fourth-order valence-corrected chi connectivity index (χ4v) is 2.30. The maximum Gasteiger partial charge on any atom is 0.313 e. The summed E-state index contributed by atoms with van der Waals surface area (Å²) in [5, 5.41) is 16.6. The quantitative estimate of drug-likeness (QED) is 0.389. The topological polar surface area (TPSA) is 124 Å². The smallest absolute Gasteiger partial charge is 0.313 e. The molecule has 0 spiro atoms. The van der Waals surface area contributed by atoms with Crippen molar-refractivity contribution >= 4 is 52.7 Å². The molecule has 0 saturated carbocycles. The van der Waals surface area contributed by atoms with Crippen LogP contribution in [0.1, 0.15) is 11.5 Å². The van der Waals surface area contributed by atoms with E-state index in [1.165, 1.54) is 37.4 Å². The van der Waals surface area contributed by atoms with Gasteiger partial charge < -0.3 is 20.4 Å². The molecule has 144 valence electrons. The summed E-state index contributed by atoms with van der Waals surface area (Å²) in [6, 6.07) is 9.23. The Labute approximate surface area is 170 Å². The predicted molar refractivity (Wildman–Crippen MR) is 103 cm³/mol. The molecule has 10 heteroatoms. The average molecular weight is 421 g/mol. The Morgan fingerprint density at radius 3 is 2.50 bits per heavy atom. The summed E-state index contributed by atoms with van der Waals surface area (Å²) in [5.41, 5.74) is 0.187. The summed E-state index contributed by atoms with van der Waals surface area (Å²) < 4.78 is 5.40. The standard InChI is InChI=1S/C18H14Cl2N4O4/c1-22-16(25)10(8-21)6-12-3-4-13(28-12)9-23-17(26)18(27)24-11-2-5-14(19)15(20)7-11/h2-7H,9H2,1H3,(H,22,25)(H,23,26)(H,24,27)/b10-6-. The molecule has 0 unspecified atom stereocenters. The van der Waals surface area contributed by atoms with Gasteiger partial charge in [0.25, 0.3) is 5.91 Å². The van der Waals surface area contributed by atoms with Gasteiger partial charge in [0, 0.05) is 18.8 Å². The summed E-state index contributed by atoms with van der Waals surface area (Å²) in [4.78, 5) is 35.3. The van der Waals surface area contributed by atoms with Crippen LogP contribution < -0.4 is 16.0 Å². The SMILES string of the molecule is CNC(=O)/C(C#N)=C\c1ccc(CNC(=O)C(=O)Nc2ccc(Cl)c(Cl)c2)o1. The van der Waals surface area contributed by atoms with Crippen LogP contribution in [0.2, 0.25) is 10.0 Å². The van der Waals surface area contributed by atoms with E-state index in [9.17, 15) is 14.4 Å².